The number of amides is 1. The number of benzene rings is 2. The second-order valence-corrected chi connectivity index (χ2v) is 7.58. The number of nitrogens with zero attached hydrogens (tertiary/aromatic N) is 4. The lowest BCUT2D eigenvalue weighted by atomic mass is 10.1. The predicted octanol–water partition coefficient (Wildman–Crippen LogP) is 4.77. The molecule has 1 N–H and O–H groups in total. The molecule has 0 radical (unpaired) electrons. The molecule has 0 fully saturated rings. The second-order valence-electron chi connectivity index (χ2n) is 6.72. The van der Waals surface area contributed by atoms with Gasteiger partial charge in [-0.05, 0) is 43.2 Å². The van der Waals surface area contributed by atoms with Crippen molar-refractivity contribution < 1.29 is 9.72 Å². The van der Waals surface area contributed by atoms with Gasteiger partial charge in [0.1, 0.15) is 5.69 Å². The van der Waals surface area contributed by atoms with Gasteiger partial charge in [0.15, 0.2) is 5.13 Å². The Balaban J connectivity index is 1.57. The lowest BCUT2D eigenvalue weighted by Crippen LogP contribution is -2.12. The van der Waals surface area contributed by atoms with Gasteiger partial charge in [0, 0.05) is 35.0 Å². The van der Waals surface area contributed by atoms with Crippen molar-refractivity contribution in [2.75, 3.05) is 5.32 Å². The number of anilines is 1. The Bertz CT molecular complexity index is 1250. The summed E-state index contributed by atoms with van der Waals surface area (Å²) in [5.74, 6) is -0.462. The maximum Gasteiger partial charge on any atom is 0.294 e. The average Bonchev–Trinajstić information content (AvgIpc) is 3.42. The zero-order valence-corrected chi connectivity index (χ0v) is 17.0. The van der Waals surface area contributed by atoms with Crippen molar-refractivity contribution >= 4 is 28.1 Å². The van der Waals surface area contributed by atoms with Crippen LogP contribution >= 0.6 is 11.3 Å². The number of rotatable bonds is 5. The number of thiazole rings is 1. The molecule has 150 valence electrons. The smallest absolute Gasteiger partial charge is 0.294 e. The fourth-order valence-corrected chi connectivity index (χ4v) is 3.68. The van der Waals surface area contributed by atoms with Crippen molar-refractivity contribution in [3.05, 3.63) is 87.3 Å². The highest BCUT2D eigenvalue weighted by Gasteiger charge is 2.19. The minimum absolute atomic E-state index is 0.175. The SMILES string of the molecule is Cc1ccc(-c2csc(NC(=O)c3ccc(-n4ccnc4)c([N+](=O)[O-])c3)n2)cc1C. The monoisotopic (exact) mass is 419 g/mol. The quantitative estimate of drug-likeness (QED) is 0.371. The van der Waals surface area contributed by atoms with E-state index in [1.165, 1.54) is 52.2 Å². The molecule has 0 aliphatic rings. The molecular formula is C21H17N5O3S. The molecule has 30 heavy (non-hydrogen) atoms. The van der Waals surface area contributed by atoms with Crippen molar-refractivity contribution in [2.45, 2.75) is 13.8 Å². The highest BCUT2D eigenvalue weighted by Crippen LogP contribution is 2.28. The Labute approximate surface area is 176 Å². The zero-order valence-electron chi connectivity index (χ0n) is 16.2. The summed E-state index contributed by atoms with van der Waals surface area (Å²) < 4.78 is 1.52. The number of aryl methyl sites for hydroxylation is 2. The third-order valence-electron chi connectivity index (χ3n) is 4.74. The minimum Gasteiger partial charge on any atom is -0.300 e. The van der Waals surface area contributed by atoms with Crippen molar-refractivity contribution in [3.8, 4) is 16.9 Å². The lowest BCUT2D eigenvalue weighted by molar-refractivity contribution is -0.384. The molecule has 2 aromatic heterocycles. The topological polar surface area (TPSA) is 103 Å². The van der Waals surface area contributed by atoms with Crippen LogP contribution in [0.2, 0.25) is 0 Å². The number of hydrogen-bond donors (Lipinski definition) is 1. The van der Waals surface area contributed by atoms with Gasteiger partial charge in [0.05, 0.1) is 16.9 Å². The average molecular weight is 419 g/mol. The van der Waals surface area contributed by atoms with Gasteiger partial charge in [-0.15, -0.1) is 11.3 Å². The first kappa shape index (κ1) is 19.5. The van der Waals surface area contributed by atoms with Gasteiger partial charge in [-0.1, -0.05) is 12.1 Å². The van der Waals surface area contributed by atoms with E-state index in [4.69, 9.17) is 0 Å². The van der Waals surface area contributed by atoms with Crippen LogP contribution in [0.1, 0.15) is 21.5 Å². The standard InChI is InChI=1S/C21H17N5O3S/c1-13-3-4-15(9-14(13)2)17-11-30-21(23-17)24-20(27)16-5-6-18(19(10-16)26(28)29)25-8-7-22-12-25/h3-12H,1-2H3,(H,23,24,27). The second kappa shape index (κ2) is 7.88. The molecule has 1 amide bonds. The zero-order chi connectivity index (χ0) is 21.3. The van der Waals surface area contributed by atoms with Crippen LogP contribution in [-0.2, 0) is 0 Å². The first-order valence-corrected chi connectivity index (χ1v) is 9.91. The molecule has 0 atom stereocenters. The highest BCUT2D eigenvalue weighted by atomic mass is 32.1. The van der Waals surface area contributed by atoms with Crippen LogP contribution in [-0.4, -0.2) is 25.4 Å². The Morgan fingerprint density at radius 1 is 1.17 bits per heavy atom. The van der Waals surface area contributed by atoms with Crippen LogP contribution in [0, 0.1) is 24.0 Å². The predicted molar refractivity (Wildman–Crippen MR) is 115 cm³/mol. The van der Waals surface area contributed by atoms with Gasteiger partial charge in [-0.3, -0.25) is 20.2 Å². The van der Waals surface area contributed by atoms with Crippen LogP contribution < -0.4 is 5.32 Å². The normalized spacial score (nSPS) is 10.7. The third kappa shape index (κ3) is 3.83. The fourth-order valence-electron chi connectivity index (χ4n) is 2.96. The molecule has 0 spiro atoms. The summed E-state index contributed by atoms with van der Waals surface area (Å²) in [5, 5.41) is 16.5. The summed E-state index contributed by atoms with van der Waals surface area (Å²) >= 11 is 1.30. The Morgan fingerprint density at radius 3 is 2.70 bits per heavy atom. The molecule has 0 unspecified atom stereocenters. The summed E-state index contributed by atoms with van der Waals surface area (Å²) in [5.41, 5.74) is 4.42. The molecule has 8 nitrogen and oxygen atoms in total. The highest BCUT2D eigenvalue weighted by molar-refractivity contribution is 7.14. The first-order valence-electron chi connectivity index (χ1n) is 9.03. The van der Waals surface area contributed by atoms with E-state index < -0.39 is 10.8 Å². The summed E-state index contributed by atoms with van der Waals surface area (Å²) in [6.45, 7) is 4.08. The third-order valence-corrected chi connectivity index (χ3v) is 5.50. The van der Waals surface area contributed by atoms with Crippen LogP contribution in [0.25, 0.3) is 16.9 Å². The maximum absolute atomic E-state index is 12.6. The van der Waals surface area contributed by atoms with Crippen LogP contribution in [0.3, 0.4) is 0 Å². The summed E-state index contributed by atoms with van der Waals surface area (Å²) in [6, 6.07) is 10.4. The van der Waals surface area contributed by atoms with E-state index in [0.717, 1.165) is 16.8 Å². The number of aromatic nitrogens is 3. The molecule has 9 heteroatoms. The van der Waals surface area contributed by atoms with E-state index in [-0.39, 0.29) is 11.3 Å². The van der Waals surface area contributed by atoms with E-state index >= 15 is 0 Å². The fraction of sp³-hybridized carbons (Fsp3) is 0.0952. The van der Waals surface area contributed by atoms with Gasteiger partial charge in [0.2, 0.25) is 0 Å². The van der Waals surface area contributed by atoms with Gasteiger partial charge >= 0.3 is 0 Å². The van der Waals surface area contributed by atoms with E-state index in [1.807, 2.05) is 37.4 Å². The lowest BCUT2D eigenvalue weighted by Gasteiger charge is -2.06. The number of nitro groups is 1. The summed E-state index contributed by atoms with van der Waals surface area (Å²) in [7, 11) is 0. The van der Waals surface area contributed by atoms with Crippen molar-refractivity contribution in [3.63, 3.8) is 0 Å². The molecule has 0 saturated heterocycles. The number of imidazole rings is 1. The van der Waals surface area contributed by atoms with Crippen molar-refractivity contribution in [1.29, 1.82) is 0 Å². The van der Waals surface area contributed by atoms with Gasteiger partial charge in [-0.2, -0.15) is 0 Å². The summed E-state index contributed by atoms with van der Waals surface area (Å²) in [4.78, 5) is 32.0. The first-order chi connectivity index (χ1) is 14.4. The molecule has 4 rings (SSSR count). The molecule has 0 aliphatic heterocycles. The van der Waals surface area contributed by atoms with Crippen molar-refractivity contribution in [1.82, 2.24) is 14.5 Å². The van der Waals surface area contributed by atoms with Gasteiger partial charge < -0.3 is 4.57 Å². The van der Waals surface area contributed by atoms with Gasteiger partial charge in [0.25, 0.3) is 11.6 Å². The van der Waals surface area contributed by atoms with E-state index in [0.29, 0.717) is 10.8 Å². The Morgan fingerprint density at radius 2 is 2.00 bits per heavy atom. The number of nitrogens with one attached hydrogen (secondary N) is 1. The Hall–Kier alpha value is -3.85. The molecule has 4 aromatic rings. The molecule has 0 saturated carbocycles. The number of carbonyl (C=O) groups excluding carboxylic acids is 1. The van der Waals surface area contributed by atoms with E-state index in [2.05, 4.69) is 15.3 Å². The summed E-state index contributed by atoms with van der Waals surface area (Å²) in [6.07, 6.45) is 4.60. The number of nitro benzene ring substituents is 1. The van der Waals surface area contributed by atoms with E-state index in [9.17, 15) is 14.9 Å². The molecule has 2 heterocycles. The molecule has 0 aliphatic carbocycles. The molecule has 2 aromatic carbocycles. The number of carbonyl (C=O) groups is 1. The maximum atomic E-state index is 12.6. The molecular weight excluding hydrogens is 402 g/mol. The van der Waals surface area contributed by atoms with E-state index in [1.54, 1.807) is 6.20 Å². The molecule has 0 bridgehead atoms. The van der Waals surface area contributed by atoms with Crippen molar-refractivity contribution in [2.24, 2.45) is 0 Å². The van der Waals surface area contributed by atoms with Crippen LogP contribution in [0.4, 0.5) is 10.8 Å². The number of hydrogen-bond acceptors (Lipinski definition) is 6. The van der Waals surface area contributed by atoms with Crippen LogP contribution in [0.15, 0.2) is 60.5 Å². The van der Waals surface area contributed by atoms with Gasteiger partial charge in [-0.25, -0.2) is 9.97 Å². The largest absolute Gasteiger partial charge is 0.300 e. The van der Waals surface area contributed by atoms with Crippen LogP contribution in [0.5, 0.6) is 0 Å². The minimum atomic E-state index is -0.521. The Kier molecular flexibility index (Phi) is 5.11.